The summed E-state index contributed by atoms with van der Waals surface area (Å²) in [6.07, 6.45) is 0. The van der Waals surface area contributed by atoms with E-state index < -0.39 is 0 Å². The van der Waals surface area contributed by atoms with E-state index in [1.54, 1.807) is 11.8 Å². The number of rotatable bonds is 6. The van der Waals surface area contributed by atoms with Gasteiger partial charge in [-0.1, -0.05) is 43.8 Å². The zero-order chi connectivity index (χ0) is 14.4. The Morgan fingerprint density at radius 3 is 2.45 bits per heavy atom. The first-order chi connectivity index (χ1) is 9.65. The molecule has 0 amide bonds. The van der Waals surface area contributed by atoms with Gasteiger partial charge in [0.1, 0.15) is 5.82 Å². The van der Waals surface area contributed by atoms with Gasteiger partial charge < -0.3 is 5.32 Å². The van der Waals surface area contributed by atoms with Crippen molar-refractivity contribution >= 4 is 11.8 Å². The SMILES string of the molecule is CC(C)CNCc1ccccc1Sc1ccc(F)cc1. The number of nitrogens with one attached hydrogen (secondary N) is 1. The van der Waals surface area contributed by atoms with Gasteiger partial charge in [0, 0.05) is 16.3 Å². The van der Waals surface area contributed by atoms with Gasteiger partial charge in [-0.3, -0.25) is 0 Å². The fourth-order valence-electron chi connectivity index (χ4n) is 1.87. The Hall–Kier alpha value is -1.32. The molecule has 1 N–H and O–H groups in total. The molecule has 0 aromatic heterocycles. The van der Waals surface area contributed by atoms with E-state index in [4.69, 9.17) is 0 Å². The summed E-state index contributed by atoms with van der Waals surface area (Å²) in [7, 11) is 0. The topological polar surface area (TPSA) is 12.0 Å². The zero-order valence-electron chi connectivity index (χ0n) is 11.9. The van der Waals surface area contributed by atoms with Crippen molar-refractivity contribution in [1.82, 2.24) is 5.32 Å². The first-order valence-electron chi connectivity index (χ1n) is 6.87. The standard InChI is InChI=1S/C17H20FNS/c1-13(2)11-19-12-14-5-3-4-6-17(14)20-16-9-7-15(18)8-10-16/h3-10,13,19H,11-12H2,1-2H3. The molecule has 0 heterocycles. The van der Waals surface area contributed by atoms with E-state index in [2.05, 4.69) is 37.4 Å². The summed E-state index contributed by atoms with van der Waals surface area (Å²) in [5.41, 5.74) is 1.28. The van der Waals surface area contributed by atoms with Crippen LogP contribution in [0.3, 0.4) is 0 Å². The van der Waals surface area contributed by atoms with E-state index in [1.807, 2.05) is 18.2 Å². The van der Waals surface area contributed by atoms with E-state index in [0.717, 1.165) is 18.0 Å². The normalized spacial score (nSPS) is 11.0. The second kappa shape index (κ2) is 7.46. The average Bonchev–Trinajstić information content (AvgIpc) is 2.43. The minimum Gasteiger partial charge on any atom is -0.312 e. The highest BCUT2D eigenvalue weighted by Gasteiger charge is 2.04. The predicted molar refractivity (Wildman–Crippen MR) is 83.5 cm³/mol. The summed E-state index contributed by atoms with van der Waals surface area (Å²) < 4.78 is 12.9. The first kappa shape index (κ1) is 15.1. The summed E-state index contributed by atoms with van der Waals surface area (Å²) in [5.74, 6) is 0.452. The molecule has 0 atom stereocenters. The van der Waals surface area contributed by atoms with Crippen LogP contribution in [0.5, 0.6) is 0 Å². The van der Waals surface area contributed by atoms with Crippen LogP contribution in [0.25, 0.3) is 0 Å². The molecule has 0 fully saturated rings. The summed E-state index contributed by atoms with van der Waals surface area (Å²) in [6.45, 7) is 6.27. The quantitative estimate of drug-likeness (QED) is 0.825. The van der Waals surface area contributed by atoms with Crippen LogP contribution in [-0.4, -0.2) is 6.54 Å². The first-order valence-corrected chi connectivity index (χ1v) is 7.69. The largest absolute Gasteiger partial charge is 0.312 e. The van der Waals surface area contributed by atoms with E-state index >= 15 is 0 Å². The van der Waals surface area contributed by atoms with Crippen LogP contribution >= 0.6 is 11.8 Å². The van der Waals surface area contributed by atoms with Gasteiger partial charge >= 0.3 is 0 Å². The number of halogens is 1. The van der Waals surface area contributed by atoms with Gasteiger partial charge in [-0.15, -0.1) is 0 Å². The smallest absolute Gasteiger partial charge is 0.123 e. The van der Waals surface area contributed by atoms with Crippen LogP contribution in [0.15, 0.2) is 58.3 Å². The van der Waals surface area contributed by atoms with Crippen LogP contribution in [0.4, 0.5) is 4.39 Å². The summed E-state index contributed by atoms with van der Waals surface area (Å²) in [6, 6.07) is 15.0. The summed E-state index contributed by atoms with van der Waals surface area (Å²) >= 11 is 1.68. The van der Waals surface area contributed by atoms with Crippen LogP contribution in [0.1, 0.15) is 19.4 Å². The monoisotopic (exact) mass is 289 g/mol. The molecule has 20 heavy (non-hydrogen) atoms. The molecule has 0 aliphatic heterocycles. The van der Waals surface area contributed by atoms with Crippen molar-refractivity contribution in [3.05, 3.63) is 59.9 Å². The molecule has 0 radical (unpaired) electrons. The second-order valence-corrected chi connectivity index (χ2v) is 6.30. The molecule has 0 unspecified atom stereocenters. The maximum Gasteiger partial charge on any atom is 0.123 e. The van der Waals surface area contributed by atoms with Crippen molar-refractivity contribution in [1.29, 1.82) is 0 Å². The van der Waals surface area contributed by atoms with E-state index in [0.29, 0.717) is 5.92 Å². The van der Waals surface area contributed by atoms with Crippen LogP contribution in [0.2, 0.25) is 0 Å². The van der Waals surface area contributed by atoms with E-state index in [-0.39, 0.29) is 5.82 Å². The molecule has 0 saturated heterocycles. The molecule has 106 valence electrons. The van der Waals surface area contributed by atoms with Crippen LogP contribution in [-0.2, 0) is 6.54 Å². The molecule has 0 spiro atoms. The number of hydrogen-bond donors (Lipinski definition) is 1. The maximum absolute atomic E-state index is 12.9. The van der Waals surface area contributed by atoms with Crippen molar-refractivity contribution in [2.24, 2.45) is 5.92 Å². The minimum absolute atomic E-state index is 0.193. The zero-order valence-corrected chi connectivity index (χ0v) is 12.7. The van der Waals surface area contributed by atoms with Crippen LogP contribution in [0, 0.1) is 11.7 Å². The molecule has 2 rings (SSSR count). The summed E-state index contributed by atoms with van der Waals surface area (Å²) in [4.78, 5) is 2.28. The predicted octanol–water partition coefficient (Wildman–Crippen LogP) is 4.72. The van der Waals surface area contributed by atoms with Crippen LogP contribution < -0.4 is 5.32 Å². The Labute approximate surface area is 124 Å². The van der Waals surface area contributed by atoms with Crippen molar-refractivity contribution in [2.75, 3.05) is 6.54 Å². The van der Waals surface area contributed by atoms with Gasteiger partial charge in [0.05, 0.1) is 0 Å². The Morgan fingerprint density at radius 1 is 1.05 bits per heavy atom. The lowest BCUT2D eigenvalue weighted by Crippen LogP contribution is -2.19. The fraction of sp³-hybridized carbons (Fsp3) is 0.294. The highest BCUT2D eigenvalue weighted by molar-refractivity contribution is 7.99. The third kappa shape index (κ3) is 4.66. The molecule has 0 saturated carbocycles. The second-order valence-electron chi connectivity index (χ2n) is 5.19. The van der Waals surface area contributed by atoms with Gasteiger partial charge in [0.25, 0.3) is 0 Å². The van der Waals surface area contributed by atoms with Gasteiger partial charge in [-0.25, -0.2) is 4.39 Å². The average molecular weight is 289 g/mol. The molecule has 0 bridgehead atoms. The molecule has 0 aliphatic rings. The summed E-state index contributed by atoms with van der Waals surface area (Å²) in [5, 5.41) is 3.46. The Kier molecular flexibility index (Phi) is 5.62. The Balaban J connectivity index is 2.05. The fourth-order valence-corrected chi connectivity index (χ4v) is 2.82. The van der Waals surface area contributed by atoms with Crippen molar-refractivity contribution in [3.63, 3.8) is 0 Å². The molecular formula is C17H20FNS. The molecule has 0 aliphatic carbocycles. The minimum atomic E-state index is -0.193. The maximum atomic E-state index is 12.9. The van der Waals surface area contributed by atoms with Gasteiger partial charge in [0.15, 0.2) is 0 Å². The van der Waals surface area contributed by atoms with Crippen molar-refractivity contribution in [2.45, 2.75) is 30.2 Å². The molecule has 2 aromatic rings. The lowest BCUT2D eigenvalue weighted by molar-refractivity contribution is 0.550. The third-order valence-electron chi connectivity index (χ3n) is 2.88. The van der Waals surface area contributed by atoms with Gasteiger partial charge in [-0.05, 0) is 48.4 Å². The third-order valence-corrected chi connectivity index (χ3v) is 4.01. The Bertz CT molecular complexity index is 537. The van der Waals surface area contributed by atoms with Crippen molar-refractivity contribution < 1.29 is 4.39 Å². The van der Waals surface area contributed by atoms with Crippen molar-refractivity contribution in [3.8, 4) is 0 Å². The highest BCUT2D eigenvalue weighted by Crippen LogP contribution is 2.30. The van der Waals surface area contributed by atoms with E-state index in [9.17, 15) is 4.39 Å². The molecule has 1 nitrogen and oxygen atoms in total. The van der Waals surface area contributed by atoms with Gasteiger partial charge in [-0.2, -0.15) is 0 Å². The lowest BCUT2D eigenvalue weighted by Gasteiger charge is -2.11. The number of hydrogen-bond acceptors (Lipinski definition) is 2. The molecule has 3 heteroatoms. The van der Waals surface area contributed by atoms with Gasteiger partial charge in [0.2, 0.25) is 0 Å². The number of benzene rings is 2. The molecule has 2 aromatic carbocycles. The Morgan fingerprint density at radius 2 is 1.75 bits per heavy atom. The highest BCUT2D eigenvalue weighted by atomic mass is 32.2. The molecular weight excluding hydrogens is 269 g/mol. The lowest BCUT2D eigenvalue weighted by atomic mass is 10.2. The van der Waals surface area contributed by atoms with E-state index in [1.165, 1.54) is 22.6 Å².